The summed E-state index contributed by atoms with van der Waals surface area (Å²) in [6.07, 6.45) is 1.08. The lowest BCUT2D eigenvalue weighted by molar-refractivity contribution is 0.0693. The summed E-state index contributed by atoms with van der Waals surface area (Å²) in [6.45, 7) is 3.27. The van der Waals surface area contributed by atoms with Crippen LogP contribution in [0, 0.1) is 5.82 Å². The second-order valence-corrected chi connectivity index (χ2v) is 2.23. The van der Waals surface area contributed by atoms with Gasteiger partial charge in [-0.25, -0.2) is 9.18 Å². The molecular weight excluding hydrogens is 175 g/mol. The first-order chi connectivity index (χ1) is 6.15. The molecule has 68 valence electrons. The molecular formula is C9H7FO3. The molecule has 0 unspecified atom stereocenters. The minimum atomic E-state index is -1.24. The summed E-state index contributed by atoms with van der Waals surface area (Å²) in [5, 5.41) is 8.64. The molecule has 0 aromatic heterocycles. The molecule has 1 rings (SSSR count). The van der Waals surface area contributed by atoms with Crippen LogP contribution in [-0.4, -0.2) is 11.1 Å². The third kappa shape index (κ3) is 2.05. The number of hydrogen-bond acceptors (Lipinski definition) is 2. The van der Waals surface area contributed by atoms with Crippen LogP contribution in [0.4, 0.5) is 4.39 Å². The van der Waals surface area contributed by atoms with E-state index in [1.165, 1.54) is 6.07 Å². The van der Waals surface area contributed by atoms with Crippen molar-refractivity contribution in [1.29, 1.82) is 0 Å². The highest BCUT2D eigenvalue weighted by atomic mass is 19.1. The molecule has 0 saturated carbocycles. The molecule has 3 nitrogen and oxygen atoms in total. The van der Waals surface area contributed by atoms with Crippen molar-refractivity contribution in [3.63, 3.8) is 0 Å². The predicted molar refractivity (Wildman–Crippen MR) is 44.2 cm³/mol. The highest BCUT2D eigenvalue weighted by molar-refractivity contribution is 5.90. The minimum absolute atomic E-state index is 0.0731. The van der Waals surface area contributed by atoms with Gasteiger partial charge in [-0.1, -0.05) is 6.58 Å². The summed E-state index contributed by atoms with van der Waals surface area (Å²) < 4.78 is 17.4. The third-order valence-corrected chi connectivity index (χ3v) is 1.38. The normalized spacial score (nSPS) is 9.31. The fourth-order valence-corrected chi connectivity index (χ4v) is 0.862. The van der Waals surface area contributed by atoms with Crippen LogP contribution in [-0.2, 0) is 0 Å². The van der Waals surface area contributed by atoms with Gasteiger partial charge in [0, 0.05) is 0 Å². The molecule has 13 heavy (non-hydrogen) atoms. The monoisotopic (exact) mass is 182 g/mol. The minimum Gasteiger partial charge on any atom is -0.478 e. The van der Waals surface area contributed by atoms with E-state index in [1.54, 1.807) is 0 Å². The fourth-order valence-electron chi connectivity index (χ4n) is 0.862. The van der Waals surface area contributed by atoms with E-state index < -0.39 is 11.8 Å². The zero-order valence-corrected chi connectivity index (χ0v) is 6.66. The lowest BCUT2D eigenvalue weighted by Crippen LogP contribution is -2.00. The number of carboxylic acid groups (broad SMARTS) is 1. The van der Waals surface area contributed by atoms with Crippen LogP contribution in [0.1, 0.15) is 10.4 Å². The molecule has 0 spiro atoms. The topological polar surface area (TPSA) is 46.5 Å². The van der Waals surface area contributed by atoms with E-state index >= 15 is 0 Å². The molecule has 1 N–H and O–H groups in total. The molecule has 0 saturated heterocycles. The SMILES string of the molecule is C=COc1ccc(F)cc1C(=O)O. The number of benzene rings is 1. The van der Waals surface area contributed by atoms with Gasteiger partial charge in [0.15, 0.2) is 0 Å². The Hall–Kier alpha value is -1.84. The van der Waals surface area contributed by atoms with Crippen molar-refractivity contribution in [2.45, 2.75) is 0 Å². The van der Waals surface area contributed by atoms with Gasteiger partial charge in [0.1, 0.15) is 17.1 Å². The number of hydrogen-bond donors (Lipinski definition) is 1. The van der Waals surface area contributed by atoms with Crippen LogP contribution in [0.15, 0.2) is 31.0 Å². The number of carbonyl (C=O) groups is 1. The maximum Gasteiger partial charge on any atom is 0.339 e. The molecule has 0 aliphatic rings. The van der Waals surface area contributed by atoms with Crippen molar-refractivity contribution in [1.82, 2.24) is 0 Å². The molecule has 0 aliphatic carbocycles. The lowest BCUT2D eigenvalue weighted by atomic mass is 10.2. The number of ether oxygens (including phenoxy) is 1. The first-order valence-corrected chi connectivity index (χ1v) is 3.45. The van der Waals surface area contributed by atoms with E-state index in [0.29, 0.717) is 0 Å². The number of halogens is 1. The number of carboxylic acids is 1. The summed E-state index contributed by atoms with van der Waals surface area (Å²) in [6, 6.07) is 3.24. The lowest BCUT2D eigenvalue weighted by Gasteiger charge is -2.03. The van der Waals surface area contributed by atoms with Crippen molar-refractivity contribution in [3.8, 4) is 5.75 Å². The Balaban J connectivity index is 3.17. The van der Waals surface area contributed by atoms with Gasteiger partial charge >= 0.3 is 5.97 Å². The molecule has 1 aromatic carbocycles. The van der Waals surface area contributed by atoms with Crippen molar-refractivity contribution in [2.75, 3.05) is 0 Å². The summed E-state index contributed by atoms with van der Waals surface area (Å²) >= 11 is 0. The van der Waals surface area contributed by atoms with Gasteiger partial charge in [-0.2, -0.15) is 0 Å². The second kappa shape index (κ2) is 3.71. The van der Waals surface area contributed by atoms with Crippen molar-refractivity contribution in [3.05, 3.63) is 42.4 Å². The predicted octanol–water partition coefficient (Wildman–Crippen LogP) is 2.05. The van der Waals surface area contributed by atoms with E-state index in [0.717, 1.165) is 18.4 Å². The third-order valence-electron chi connectivity index (χ3n) is 1.38. The Morgan fingerprint density at radius 2 is 2.31 bits per heavy atom. The maximum absolute atomic E-state index is 12.6. The Bertz CT molecular complexity index is 347. The first kappa shape index (κ1) is 9.25. The van der Waals surface area contributed by atoms with Gasteiger partial charge in [0.25, 0.3) is 0 Å². The van der Waals surface area contributed by atoms with Gasteiger partial charge in [0.05, 0.1) is 6.26 Å². The smallest absolute Gasteiger partial charge is 0.339 e. The Morgan fingerprint density at radius 3 is 2.85 bits per heavy atom. The number of rotatable bonds is 3. The van der Waals surface area contributed by atoms with Gasteiger partial charge in [-0.05, 0) is 18.2 Å². The van der Waals surface area contributed by atoms with Gasteiger partial charge in [-0.15, -0.1) is 0 Å². The summed E-state index contributed by atoms with van der Waals surface area (Å²) in [5.41, 5.74) is -0.222. The van der Waals surface area contributed by atoms with Gasteiger partial charge in [-0.3, -0.25) is 0 Å². The standard InChI is InChI=1S/C9H7FO3/c1-2-13-8-4-3-6(10)5-7(8)9(11)12/h2-5H,1H2,(H,11,12). The van der Waals surface area contributed by atoms with E-state index in [4.69, 9.17) is 9.84 Å². The van der Waals surface area contributed by atoms with Gasteiger partial charge in [0.2, 0.25) is 0 Å². The highest BCUT2D eigenvalue weighted by Crippen LogP contribution is 2.19. The molecule has 0 heterocycles. The molecule has 0 fully saturated rings. The molecule has 0 aliphatic heterocycles. The molecule has 0 radical (unpaired) electrons. The summed E-state index contributed by atoms with van der Waals surface area (Å²) in [4.78, 5) is 10.6. The quantitative estimate of drug-likeness (QED) is 0.727. The zero-order valence-electron chi connectivity index (χ0n) is 6.66. The van der Waals surface area contributed by atoms with Crippen LogP contribution < -0.4 is 4.74 Å². The number of aromatic carboxylic acids is 1. The highest BCUT2D eigenvalue weighted by Gasteiger charge is 2.11. The summed E-state index contributed by atoms with van der Waals surface area (Å²) in [7, 11) is 0. The van der Waals surface area contributed by atoms with Crippen molar-refractivity contribution < 1.29 is 19.0 Å². The van der Waals surface area contributed by atoms with Crippen LogP contribution >= 0.6 is 0 Å². The van der Waals surface area contributed by atoms with E-state index in [1.807, 2.05) is 0 Å². The molecule has 0 atom stereocenters. The Morgan fingerprint density at radius 1 is 1.62 bits per heavy atom. The molecule has 0 amide bonds. The zero-order chi connectivity index (χ0) is 9.84. The fraction of sp³-hybridized carbons (Fsp3) is 0. The van der Waals surface area contributed by atoms with Gasteiger partial charge < -0.3 is 9.84 Å². The van der Waals surface area contributed by atoms with E-state index in [9.17, 15) is 9.18 Å². The first-order valence-electron chi connectivity index (χ1n) is 3.45. The van der Waals surface area contributed by atoms with Crippen molar-refractivity contribution >= 4 is 5.97 Å². The van der Waals surface area contributed by atoms with E-state index in [-0.39, 0.29) is 11.3 Å². The van der Waals surface area contributed by atoms with Crippen LogP contribution in [0.25, 0.3) is 0 Å². The average molecular weight is 182 g/mol. The molecule has 4 heteroatoms. The Labute approximate surface area is 74.1 Å². The average Bonchev–Trinajstić information content (AvgIpc) is 2.08. The largest absolute Gasteiger partial charge is 0.478 e. The molecule has 1 aromatic rings. The van der Waals surface area contributed by atoms with Crippen molar-refractivity contribution in [2.24, 2.45) is 0 Å². The second-order valence-electron chi connectivity index (χ2n) is 2.23. The molecule has 0 bridgehead atoms. The summed E-state index contributed by atoms with van der Waals surface area (Å²) in [5.74, 6) is -1.78. The van der Waals surface area contributed by atoms with Crippen LogP contribution in [0.2, 0.25) is 0 Å². The van der Waals surface area contributed by atoms with Crippen LogP contribution in [0.3, 0.4) is 0 Å². The van der Waals surface area contributed by atoms with Crippen LogP contribution in [0.5, 0.6) is 5.75 Å². The van der Waals surface area contributed by atoms with E-state index in [2.05, 4.69) is 6.58 Å². The maximum atomic E-state index is 12.6. The Kier molecular flexibility index (Phi) is 2.64.